The maximum absolute atomic E-state index is 12.6. The fourth-order valence-corrected chi connectivity index (χ4v) is 4.42. The molecule has 3 N–H and O–H groups in total. The van der Waals surface area contributed by atoms with Crippen LogP contribution in [-0.4, -0.2) is 42.3 Å². The highest BCUT2D eigenvalue weighted by molar-refractivity contribution is 5.85. The van der Waals surface area contributed by atoms with Crippen molar-refractivity contribution in [2.75, 3.05) is 13.2 Å². The van der Waals surface area contributed by atoms with Crippen LogP contribution in [-0.2, 0) is 14.3 Å². The number of hydrogen-bond donors (Lipinski definition) is 3. The van der Waals surface area contributed by atoms with Gasteiger partial charge in [0.15, 0.2) is 0 Å². The Bertz CT molecular complexity index is 961. The summed E-state index contributed by atoms with van der Waals surface area (Å²) in [6.45, 7) is 4.55. The zero-order valence-corrected chi connectivity index (χ0v) is 19.9. The summed E-state index contributed by atoms with van der Waals surface area (Å²) < 4.78 is 5.58. The number of benzene rings is 2. The van der Waals surface area contributed by atoms with Crippen molar-refractivity contribution in [2.24, 2.45) is 5.92 Å². The topological polar surface area (TPSA) is 105 Å². The standard InChI is InChI=1S/C27H34N2O5/c1-3-8-24(26(32)28-16-15-18(2)13-14-25(30)31)29-27(33)34-17-23-21-11-6-4-9-19(21)20-10-5-7-12-22(20)23/h4-7,9-12,18,23-24H,3,8,13-17H2,1-2H3,(H,28,32)(H,29,33)(H,30,31). The highest BCUT2D eigenvalue weighted by atomic mass is 16.5. The van der Waals surface area contributed by atoms with Crippen molar-refractivity contribution in [2.45, 2.75) is 57.9 Å². The second-order valence-corrected chi connectivity index (χ2v) is 8.93. The van der Waals surface area contributed by atoms with Gasteiger partial charge in [0, 0.05) is 18.9 Å². The monoisotopic (exact) mass is 466 g/mol. The van der Waals surface area contributed by atoms with Crippen LogP contribution in [0.5, 0.6) is 0 Å². The zero-order valence-electron chi connectivity index (χ0n) is 19.9. The van der Waals surface area contributed by atoms with Gasteiger partial charge in [0.25, 0.3) is 0 Å². The number of hydrogen-bond acceptors (Lipinski definition) is 4. The van der Waals surface area contributed by atoms with Gasteiger partial charge in [-0.3, -0.25) is 9.59 Å². The van der Waals surface area contributed by atoms with E-state index in [0.717, 1.165) is 28.7 Å². The Labute approximate surface area is 200 Å². The number of carbonyl (C=O) groups excluding carboxylic acids is 2. The minimum atomic E-state index is -0.814. The number of carbonyl (C=O) groups is 3. The Morgan fingerprint density at radius 3 is 2.18 bits per heavy atom. The first-order valence-corrected chi connectivity index (χ1v) is 12.0. The van der Waals surface area contributed by atoms with Crippen LogP contribution in [0.25, 0.3) is 11.1 Å². The van der Waals surface area contributed by atoms with E-state index in [1.54, 1.807) is 0 Å². The molecular weight excluding hydrogens is 432 g/mol. The van der Waals surface area contributed by atoms with Crippen molar-refractivity contribution in [3.05, 3.63) is 59.7 Å². The summed E-state index contributed by atoms with van der Waals surface area (Å²) in [6, 6.07) is 15.6. The maximum Gasteiger partial charge on any atom is 0.407 e. The number of aliphatic carboxylic acids is 1. The second kappa shape index (κ2) is 12.2. The molecule has 0 saturated heterocycles. The Morgan fingerprint density at radius 1 is 0.971 bits per heavy atom. The third-order valence-corrected chi connectivity index (χ3v) is 6.32. The van der Waals surface area contributed by atoms with Crippen LogP contribution in [0.15, 0.2) is 48.5 Å². The van der Waals surface area contributed by atoms with E-state index in [-0.39, 0.29) is 30.8 Å². The van der Waals surface area contributed by atoms with Gasteiger partial charge >= 0.3 is 12.1 Å². The van der Waals surface area contributed by atoms with Crippen LogP contribution in [0.2, 0.25) is 0 Å². The van der Waals surface area contributed by atoms with Crippen LogP contribution in [0.3, 0.4) is 0 Å². The second-order valence-electron chi connectivity index (χ2n) is 8.93. The number of amides is 2. The summed E-state index contributed by atoms with van der Waals surface area (Å²) in [5.74, 6) is -0.910. The molecule has 1 aliphatic carbocycles. The molecule has 0 fully saturated rings. The molecule has 2 atom stereocenters. The lowest BCUT2D eigenvalue weighted by Gasteiger charge is -2.20. The van der Waals surface area contributed by atoms with Crippen molar-refractivity contribution >= 4 is 18.0 Å². The lowest BCUT2D eigenvalue weighted by atomic mass is 9.98. The molecule has 7 heteroatoms. The van der Waals surface area contributed by atoms with Gasteiger partial charge in [-0.15, -0.1) is 0 Å². The Kier molecular flexibility index (Phi) is 9.08. The molecule has 2 unspecified atom stereocenters. The van der Waals surface area contributed by atoms with Crippen LogP contribution in [0.4, 0.5) is 4.79 Å². The van der Waals surface area contributed by atoms with E-state index in [4.69, 9.17) is 9.84 Å². The summed E-state index contributed by atoms with van der Waals surface area (Å²) in [4.78, 5) is 35.9. The molecule has 0 aliphatic heterocycles. The molecule has 0 radical (unpaired) electrons. The van der Waals surface area contributed by atoms with Gasteiger partial charge in [-0.2, -0.15) is 0 Å². The van der Waals surface area contributed by atoms with Crippen LogP contribution in [0.1, 0.15) is 63.0 Å². The summed E-state index contributed by atoms with van der Waals surface area (Å²) in [5.41, 5.74) is 4.59. The Morgan fingerprint density at radius 2 is 1.59 bits per heavy atom. The number of rotatable bonds is 12. The molecule has 2 amide bonds. The number of alkyl carbamates (subject to hydrolysis) is 1. The number of carboxylic acid groups (broad SMARTS) is 1. The quantitative estimate of drug-likeness (QED) is 0.421. The molecule has 0 saturated carbocycles. The van der Waals surface area contributed by atoms with Crippen LogP contribution >= 0.6 is 0 Å². The van der Waals surface area contributed by atoms with Gasteiger partial charge in [0.1, 0.15) is 12.6 Å². The average molecular weight is 467 g/mol. The molecule has 0 heterocycles. The van der Waals surface area contributed by atoms with Gasteiger partial charge in [-0.05, 0) is 47.4 Å². The largest absolute Gasteiger partial charge is 0.481 e. The van der Waals surface area contributed by atoms with Crippen molar-refractivity contribution in [1.29, 1.82) is 0 Å². The van der Waals surface area contributed by atoms with Crippen LogP contribution < -0.4 is 10.6 Å². The van der Waals surface area contributed by atoms with Gasteiger partial charge in [0.05, 0.1) is 0 Å². The minimum absolute atomic E-state index is 0.0381. The summed E-state index contributed by atoms with van der Waals surface area (Å²) in [6.07, 6.45) is 2.01. The molecule has 2 aromatic carbocycles. The van der Waals surface area contributed by atoms with E-state index in [9.17, 15) is 14.4 Å². The van der Waals surface area contributed by atoms with Crippen molar-refractivity contribution in [3.63, 3.8) is 0 Å². The number of fused-ring (bicyclic) bond motifs is 3. The van der Waals surface area contributed by atoms with Crippen molar-refractivity contribution < 1.29 is 24.2 Å². The summed E-state index contributed by atoms with van der Waals surface area (Å²) in [7, 11) is 0. The summed E-state index contributed by atoms with van der Waals surface area (Å²) in [5, 5.41) is 14.4. The van der Waals surface area contributed by atoms with E-state index < -0.39 is 18.1 Å². The lowest BCUT2D eigenvalue weighted by Crippen LogP contribution is -2.47. The number of carboxylic acids is 1. The van der Waals surface area contributed by atoms with E-state index in [2.05, 4.69) is 34.9 Å². The van der Waals surface area contributed by atoms with Crippen LogP contribution in [0, 0.1) is 5.92 Å². The summed E-state index contributed by atoms with van der Waals surface area (Å²) >= 11 is 0. The third-order valence-electron chi connectivity index (χ3n) is 6.32. The predicted octanol–water partition coefficient (Wildman–Crippen LogP) is 4.70. The Balaban J connectivity index is 1.51. The molecule has 1 aliphatic rings. The first-order chi connectivity index (χ1) is 16.4. The fourth-order valence-electron chi connectivity index (χ4n) is 4.42. The molecule has 182 valence electrons. The molecule has 2 aromatic rings. The fraction of sp³-hybridized carbons (Fsp3) is 0.444. The molecule has 0 aromatic heterocycles. The van der Waals surface area contributed by atoms with Gasteiger partial charge in [-0.25, -0.2) is 4.79 Å². The maximum atomic E-state index is 12.6. The average Bonchev–Trinajstić information content (AvgIpc) is 3.15. The van der Waals surface area contributed by atoms with Gasteiger partial charge < -0.3 is 20.5 Å². The molecule has 0 bridgehead atoms. The normalized spacial score (nSPS) is 13.9. The number of nitrogens with one attached hydrogen (secondary N) is 2. The minimum Gasteiger partial charge on any atom is -0.481 e. The highest BCUT2D eigenvalue weighted by Crippen LogP contribution is 2.44. The van der Waals surface area contributed by atoms with E-state index in [1.165, 1.54) is 0 Å². The van der Waals surface area contributed by atoms with Gasteiger partial charge in [-0.1, -0.05) is 68.8 Å². The first-order valence-electron chi connectivity index (χ1n) is 12.0. The molecule has 34 heavy (non-hydrogen) atoms. The van der Waals surface area contributed by atoms with E-state index in [0.29, 0.717) is 25.8 Å². The van der Waals surface area contributed by atoms with E-state index >= 15 is 0 Å². The highest BCUT2D eigenvalue weighted by Gasteiger charge is 2.29. The number of ether oxygens (including phenoxy) is 1. The first kappa shape index (κ1) is 25.3. The van der Waals surface area contributed by atoms with Crippen molar-refractivity contribution in [3.8, 4) is 11.1 Å². The van der Waals surface area contributed by atoms with E-state index in [1.807, 2.05) is 38.1 Å². The van der Waals surface area contributed by atoms with Gasteiger partial charge in [0.2, 0.25) is 5.91 Å². The lowest BCUT2D eigenvalue weighted by molar-refractivity contribution is -0.137. The predicted molar refractivity (Wildman–Crippen MR) is 131 cm³/mol. The molecule has 3 rings (SSSR count). The smallest absolute Gasteiger partial charge is 0.407 e. The Hall–Kier alpha value is -3.35. The molecular formula is C27H34N2O5. The molecule has 0 spiro atoms. The SMILES string of the molecule is CCCC(NC(=O)OCC1c2ccccc2-c2ccccc21)C(=O)NCCC(C)CCC(=O)O. The van der Waals surface area contributed by atoms with Crippen molar-refractivity contribution in [1.82, 2.24) is 10.6 Å². The third kappa shape index (κ3) is 6.59. The zero-order chi connectivity index (χ0) is 24.5. The molecule has 7 nitrogen and oxygen atoms in total.